The van der Waals surface area contributed by atoms with Crippen LogP contribution in [0.25, 0.3) is 0 Å². The Balaban J connectivity index is 1.60. The first-order valence-corrected chi connectivity index (χ1v) is 10.8. The molecule has 2 fully saturated rings. The zero-order valence-electron chi connectivity index (χ0n) is 14.6. The minimum absolute atomic E-state index is 0.0787. The van der Waals surface area contributed by atoms with Gasteiger partial charge >= 0.3 is 0 Å². The summed E-state index contributed by atoms with van der Waals surface area (Å²) in [7, 11) is -1.12. The fraction of sp³-hybridized carbons (Fsp3) is 0.706. The number of rotatable bonds is 4. The van der Waals surface area contributed by atoms with E-state index in [1.807, 2.05) is 11.9 Å². The van der Waals surface area contributed by atoms with E-state index in [-0.39, 0.29) is 29.5 Å². The standard InChI is InChI=1S/C17H26N4O3S/c1-21(14-8-9-25(23,24)12-14)16-11-18-15(10-19-16)17(22)20-13-6-4-2-3-5-7-13/h10-11,13-14H,2-9,12H2,1H3,(H,20,22). The normalized spacial score (nSPS) is 23.8. The summed E-state index contributed by atoms with van der Waals surface area (Å²) < 4.78 is 23.2. The fourth-order valence-electron chi connectivity index (χ4n) is 3.57. The van der Waals surface area contributed by atoms with Crippen LogP contribution in [0.15, 0.2) is 12.4 Å². The third kappa shape index (κ3) is 4.68. The van der Waals surface area contributed by atoms with Gasteiger partial charge in [-0.05, 0) is 19.3 Å². The van der Waals surface area contributed by atoms with Crippen molar-refractivity contribution < 1.29 is 13.2 Å². The van der Waals surface area contributed by atoms with Gasteiger partial charge in [-0.1, -0.05) is 25.7 Å². The van der Waals surface area contributed by atoms with Gasteiger partial charge in [0, 0.05) is 19.1 Å². The molecule has 1 aliphatic heterocycles. The lowest BCUT2D eigenvalue weighted by Crippen LogP contribution is -2.35. The molecular formula is C17H26N4O3S. The maximum absolute atomic E-state index is 12.3. The van der Waals surface area contributed by atoms with Gasteiger partial charge in [0.15, 0.2) is 9.84 Å². The molecule has 0 spiro atoms. The highest BCUT2D eigenvalue weighted by Gasteiger charge is 2.31. The van der Waals surface area contributed by atoms with Gasteiger partial charge in [-0.25, -0.2) is 18.4 Å². The predicted molar refractivity (Wildman–Crippen MR) is 96.5 cm³/mol. The van der Waals surface area contributed by atoms with E-state index in [0.717, 1.165) is 25.7 Å². The molecule has 7 nitrogen and oxygen atoms in total. The first kappa shape index (κ1) is 18.1. The van der Waals surface area contributed by atoms with Crippen molar-refractivity contribution in [1.29, 1.82) is 0 Å². The lowest BCUT2D eigenvalue weighted by Gasteiger charge is -2.24. The minimum atomic E-state index is -2.94. The summed E-state index contributed by atoms with van der Waals surface area (Å²) in [6.07, 6.45) is 10.5. The largest absolute Gasteiger partial charge is 0.354 e. The van der Waals surface area contributed by atoms with Crippen molar-refractivity contribution in [3.8, 4) is 0 Å². The maximum Gasteiger partial charge on any atom is 0.271 e. The number of amides is 1. The topological polar surface area (TPSA) is 92.3 Å². The number of nitrogens with one attached hydrogen (secondary N) is 1. The number of sulfone groups is 1. The summed E-state index contributed by atoms with van der Waals surface area (Å²) in [5.41, 5.74) is 0.306. The van der Waals surface area contributed by atoms with Gasteiger partial charge in [0.1, 0.15) is 11.5 Å². The minimum Gasteiger partial charge on any atom is -0.354 e. The van der Waals surface area contributed by atoms with Gasteiger partial charge in [0.25, 0.3) is 5.91 Å². The quantitative estimate of drug-likeness (QED) is 0.813. The molecule has 2 aliphatic rings. The van der Waals surface area contributed by atoms with Gasteiger partial charge in [-0.2, -0.15) is 0 Å². The Hall–Kier alpha value is -1.70. The highest BCUT2D eigenvalue weighted by Crippen LogP contribution is 2.21. The molecule has 2 heterocycles. The van der Waals surface area contributed by atoms with Crippen LogP contribution in [-0.4, -0.2) is 54.9 Å². The van der Waals surface area contributed by atoms with Crippen molar-refractivity contribution in [2.45, 2.75) is 57.0 Å². The number of anilines is 1. The Morgan fingerprint density at radius 3 is 2.40 bits per heavy atom. The number of carbonyl (C=O) groups excluding carboxylic acids is 1. The van der Waals surface area contributed by atoms with Crippen LogP contribution in [0.4, 0.5) is 5.82 Å². The van der Waals surface area contributed by atoms with Crippen molar-refractivity contribution in [3.63, 3.8) is 0 Å². The lowest BCUT2D eigenvalue weighted by atomic mass is 10.1. The second kappa shape index (κ2) is 7.68. The molecule has 1 aromatic rings. The highest BCUT2D eigenvalue weighted by atomic mass is 32.2. The molecule has 1 saturated heterocycles. The van der Waals surface area contributed by atoms with Crippen LogP contribution in [0, 0.1) is 0 Å². The smallest absolute Gasteiger partial charge is 0.271 e. The number of hydrogen-bond donors (Lipinski definition) is 1. The molecule has 0 radical (unpaired) electrons. The molecule has 3 rings (SSSR count). The zero-order chi connectivity index (χ0) is 17.9. The van der Waals surface area contributed by atoms with Gasteiger partial charge < -0.3 is 10.2 Å². The van der Waals surface area contributed by atoms with E-state index in [1.54, 1.807) is 6.20 Å². The number of carbonyl (C=O) groups is 1. The molecule has 1 aliphatic carbocycles. The Bertz CT molecular complexity index is 697. The molecule has 138 valence electrons. The molecule has 1 atom stereocenters. The summed E-state index contributed by atoms with van der Waals surface area (Å²) >= 11 is 0. The van der Waals surface area contributed by atoms with Crippen LogP contribution < -0.4 is 10.2 Å². The van der Waals surface area contributed by atoms with Crippen LogP contribution >= 0.6 is 0 Å². The fourth-order valence-corrected chi connectivity index (χ4v) is 5.35. The molecule has 1 aromatic heterocycles. The number of aromatic nitrogens is 2. The summed E-state index contributed by atoms with van der Waals surface area (Å²) in [4.78, 5) is 22.7. The first-order chi connectivity index (χ1) is 11.9. The van der Waals surface area contributed by atoms with Gasteiger partial charge in [0.2, 0.25) is 0 Å². The van der Waals surface area contributed by atoms with E-state index in [0.29, 0.717) is 17.9 Å². The molecular weight excluding hydrogens is 340 g/mol. The summed E-state index contributed by atoms with van der Waals surface area (Å²) in [5, 5.41) is 3.06. The lowest BCUT2D eigenvalue weighted by molar-refractivity contribution is 0.0928. The van der Waals surface area contributed by atoms with Crippen molar-refractivity contribution in [2.75, 3.05) is 23.5 Å². The second-order valence-corrected chi connectivity index (χ2v) is 9.32. The Morgan fingerprint density at radius 1 is 1.12 bits per heavy atom. The number of nitrogens with zero attached hydrogens (tertiary/aromatic N) is 3. The van der Waals surface area contributed by atoms with Crippen LogP contribution in [0.1, 0.15) is 55.4 Å². The van der Waals surface area contributed by atoms with E-state index < -0.39 is 9.84 Å². The first-order valence-electron chi connectivity index (χ1n) is 9.01. The second-order valence-electron chi connectivity index (χ2n) is 7.09. The van der Waals surface area contributed by atoms with Crippen LogP contribution in [0.2, 0.25) is 0 Å². The van der Waals surface area contributed by atoms with Crippen molar-refractivity contribution in [2.24, 2.45) is 0 Å². The Labute approximate surface area is 149 Å². The molecule has 1 amide bonds. The summed E-state index contributed by atoms with van der Waals surface area (Å²) in [6.45, 7) is 0. The van der Waals surface area contributed by atoms with Crippen LogP contribution in [-0.2, 0) is 9.84 Å². The monoisotopic (exact) mass is 366 g/mol. The third-order valence-corrected chi connectivity index (χ3v) is 6.93. The Morgan fingerprint density at radius 2 is 1.84 bits per heavy atom. The third-order valence-electron chi connectivity index (χ3n) is 5.18. The zero-order valence-corrected chi connectivity index (χ0v) is 15.5. The van der Waals surface area contributed by atoms with Crippen LogP contribution in [0.3, 0.4) is 0 Å². The average molecular weight is 366 g/mol. The molecule has 1 N–H and O–H groups in total. The van der Waals surface area contributed by atoms with Crippen LogP contribution in [0.5, 0.6) is 0 Å². The summed E-state index contributed by atoms with van der Waals surface area (Å²) in [6, 6.07) is 0.146. The molecule has 1 unspecified atom stereocenters. The van der Waals surface area contributed by atoms with Gasteiger partial charge in [-0.3, -0.25) is 4.79 Å². The SMILES string of the molecule is CN(c1cnc(C(=O)NC2CCCCCC2)cn1)C1CCS(=O)(=O)C1. The highest BCUT2D eigenvalue weighted by molar-refractivity contribution is 7.91. The molecule has 0 aromatic carbocycles. The van der Waals surface area contributed by atoms with E-state index in [1.165, 1.54) is 19.0 Å². The van der Waals surface area contributed by atoms with Gasteiger partial charge in [0.05, 0.1) is 23.9 Å². The molecule has 0 bridgehead atoms. The van der Waals surface area contributed by atoms with Crippen molar-refractivity contribution in [3.05, 3.63) is 18.1 Å². The maximum atomic E-state index is 12.3. The van der Waals surface area contributed by atoms with E-state index in [9.17, 15) is 13.2 Å². The van der Waals surface area contributed by atoms with E-state index in [4.69, 9.17) is 0 Å². The predicted octanol–water partition coefficient (Wildman–Crippen LogP) is 1.55. The van der Waals surface area contributed by atoms with E-state index >= 15 is 0 Å². The summed E-state index contributed by atoms with van der Waals surface area (Å²) in [5.74, 6) is 0.775. The van der Waals surface area contributed by atoms with Crippen molar-refractivity contribution in [1.82, 2.24) is 15.3 Å². The average Bonchev–Trinajstić information content (AvgIpc) is 2.80. The Kier molecular flexibility index (Phi) is 5.56. The number of hydrogen-bond acceptors (Lipinski definition) is 6. The van der Waals surface area contributed by atoms with E-state index in [2.05, 4.69) is 15.3 Å². The molecule has 8 heteroatoms. The van der Waals surface area contributed by atoms with Crippen molar-refractivity contribution >= 4 is 21.6 Å². The molecule has 1 saturated carbocycles. The molecule has 25 heavy (non-hydrogen) atoms. The van der Waals surface area contributed by atoms with Gasteiger partial charge in [-0.15, -0.1) is 0 Å².